The molecule has 2 aromatic rings. The summed E-state index contributed by atoms with van der Waals surface area (Å²) in [6.45, 7) is 3.54. The third-order valence-corrected chi connectivity index (χ3v) is 4.97. The van der Waals surface area contributed by atoms with Crippen molar-refractivity contribution in [3.05, 3.63) is 30.0 Å². The number of halogens is 1. The van der Waals surface area contributed by atoms with E-state index in [0.29, 0.717) is 18.0 Å². The second-order valence-electron chi connectivity index (χ2n) is 6.14. The van der Waals surface area contributed by atoms with Crippen LogP contribution < -0.4 is 0 Å². The summed E-state index contributed by atoms with van der Waals surface area (Å²) in [7, 11) is 0. The molecule has 4 nitrogen and oxygen atoms in total. The van der Waals surface area contributed by atoms with Crippen molar-refractivity contribution in [3.8, 4) is 0 Å². The Bertz CT molecular complexity index is 646. The third kappa shape index (κ3) is 2.58. The molecule has 21 heavy (non-hydrogen) atoms. The molecule has 0 aliphatic carbocycles. The van der Waals surface area contributed by atoms with Crippen LogP contribution in [0.3, 0.4) is 0 Å². The van der Waals surface area contributed by atoms with Gasteiger partial charge in [-0.2, -0.15) is 5.10 Å². The monoisotopic (exact) mass is 305 g/mol. The fourth-order valence-electron chi connectivity index (χ4n) is 3.83. The standard InChI is InChI=1S/C16H19N3O.ClH/c20-15(9-12-10-19-7-5-11(12)6-8-19)16-13-3-1-2-4-14(13)17-18-16;/h1-4,11-12H,5-10H2,(H,17,18);1H/t12-;/m0./s1. The van der Waals surface area contributed by atoms with E-state index in [4.69, 9.17) is 0 Å². The quantitative estimate of drug-likeness (QED) is 0.887. The molecule has 5 rings (SSSR count). The molecule has 0 saturated carbocycles. The molecule has 1 atom stereocenters. The van der Waals surface area contributed by atoms with Gasteiger partial charge in [-0.15, -0.1) is 12.4 Å². The lowest BCUT2D eigenvalue weighted by molar-refractivity contribution is 0.0440. The molecule has 0 spiro atoms. The van der Waals surface area contributed by atoms with Gasteiger partial charge in [-0.1, -0.05) is 18.2 Å². The van der Waals surface area contributed by atoms with Crippen LogP contribution in [-0.2, 0) is 0 Å². The van der Waals surface area contributed by atoms with Crippen LogP contribution in [0.4, 0.5) is 0 Å². The van der Waals surface area contributed by atoms with Crippen molar-refractivity contribution in [1.29, 1.82) is 0 Å². The smallest absolute Gasteiger partial charge is 0.184 e. The van der Waals surface area contributed by atoms with Crippen molar-refractivity contribution in [1.82, 2.24) is 15.1 Å². The van der Waals surface area contributed by atoms with Gasteiger partial charge in [0, 0.05) is 18.4 Å². The van der Waals surface area contributed by atoms with E-state index in [1.807, 2.05) is 24.3 Å². The number of fused-ring (bicyclic) bond motifs is 4. The van der Waals surface area contributed by atoms with Gasteiger partial charge in [-0.25, -0.2) is 0 Å². The Morgan fingerprint density at radius 1 is 1.29 bits per heavy atom. The zero-order valence-corrected chi connectivity index (χ0v) is 12.7. The number of aromatic nitrogens is 2. The SMILES string of the molecule is Cl.O=C(C[C@H]1CN2CCC1CC2)c1n[nH]c2ccccc12. The number of Topliss-reactive ketones (excluding diaryl/α,β-unsaturated/α-hetero) is 1. The molecule has 5 heteroatoms. The first-order chi connectivity index (χ1) is 9.81. The van der Waals surface area contributed by atoms with E-state index in [1.54, 1.807) is 0 Å². The van der Waals surface area contributed by atoms with E-state index in [2.05, 4.69) is 15.1 Å². The summed E-state index contributed by atoms with van der Waals surface area (Å²) in [5, 5.41) is 8.15. The van der Waals surface area contributed by atoms with Crippen molar-refractivity contribution >= 4 is 29.1 Å². The second-order valence-corrected chi connectivity index (χ2v) is 6.14. The van der Waals surface area contributed by atoms with E-state index in [0.717, 1.165) is 23.4 Å². The summed E-state index contributed by atoms with van der Waals surface area (Å²) >= 11 is 0. The molecule has 3 saturated heterocycles. The number of carbonyl (C=O) groups is 1. The van der Waals surface area contributed by atoms with Crippen LogP contribution in [-0.4, -0.2) is 40.5 Å². The van der Waals surface area contributed by atoms with Gasteiger partial charge in [0.1, 0.15) is 5.69 Å². The van der Waals surface area contributed by atoms with Crippen LogP contribution in [0.2, 0.25) is 0 Å². The summed E-state index contributed by atoms with van der Waals surface area (Å²) in [6, 6.07) is 7.86. The number of nitrogens with zero attached hydrogens (tertiary/aromatic N) is 2. The summed E-state index contributed by atoms with van der Waals surface area (Å²) in [4.78, 5) is 15.1. The lowest BCUT2D eigenvalue weighted by Gasteiger charge is -2.44. The number of benzene rings is 1. The molecule has 4 heterocycles. The minimum Gasteiger partial charge on any atom is -0.303 e. The lowest BCUT2D eigenvalue weighted by atomic mass is 9.76. The lowest BCUT2D eigenvalue weighted by Crippen LogP contribution is -2.47. The normalized spacial score (nSPS) is 27.5. The number of ketones is 1. The number of hydrogen-bond donors (Lipinski definition) is 1. The molecule has 112 valence electrons. The van der Waals surface area contributed by atoms with E-state index in [-0.39, 0.29) is 18.2 Å². The zero-order valence-electron chi connectivity index (χ0n) is 11.9. The molecule has 3 aliphatic heterocycles. The number of hydrogen-bond acceptors (Lipinski definition) is 3. The molecule has 0 radical (unpaired) electrons. The van der Waals surface area contributed by atoms with Gasteiger partial charge in [0.25, 0.3) is 0 Å². The predicted molar refractivity (Wildman–Crippen MR) is 84.9 cm³/mol. The highest BCUT2D eigenvalue weighted by Crippen LogP contribution is 2.35. The van der Waals surface area contributed by atoms with Crippen LogP contribution in [0.5, 0.6) is 0 Å². The molecule has 1 aromatic heterocycles. The largest absolute Gasteiger partial charge is 0.303 e. The molecule has 2 bridgehead atoms. The van der Waals surface area contributed by atoms with E-state index in [9.17, 15) is 4.79 Å². The molecular formula is C16H20ClN3O. The van der Waals surface area contributed by atoms with Gasteiger partial charge >= 0.3 is 0 Å². The van der Waals surface area contributed by atoms with Crippen molar-refractivity contribution in [2.45, 2.75) is 19.3 Å². The fraction of sp³-hybridized carbons (Fsp3) is 0.500. The van der Waals surface area contributed by atoms with Crippen LogP contribution in [0.1, 0.15) is 29.8 Å². The minimum absolute atomic E-state index is 0. The van der Waals surface area contributed by atoms with Crippen molar-refractivity contribution < 1.29 is 4.79 Å². The number of rotatable bonds is 3. The summed E-state index contributed by atoms with van der Waals surface area (Å²) in [5.74, 6) is 1.47. The average Bonchev–Trinajstić information content (AvgIpc) is 2.92. The Balaban J connectivity index is 0.00000132. The number of piperidine rings is 3. The number of para-hydroxylation sites is 1. The number of nitrogens with one attached hydrogen (secondary N) is 1. The average molecular weight is 306 g/mol. The van der Waals surface area contributed by atoms with Gasteiger partial charge in [0.15, 0.2) is 5.78 Å². The van der Waals surface area contributed by atoms with Crippen molar-refractivity contribution in [2.24, 2.45) is 11.8 Å². The van der Waals surface area contributed by atoms with Gasteiger partial charge in [-0.05, 0) is 43.8 Å². The first kappa shape index (κ1) is 14.5. The molecular weight excluding hydrogens is 286 g/mol. The Kier molecular flexibility index (Phi) is 4.00. The van der Waals surface area contributed by atoms with Crippen molar-refractivity contribution in [3.63, 3.8) is 0 Å². The van der Waals surface area contributed by atoms with Crippen LogP contribution in [0.25, 0.3) is 10.9 Å². The Labute approximate surface area is 130 Å². The molecule has 0 unspecified atom stereocenters. The number of H-pyrrole nitrogens is 1. The Hall–Kier alpha value is -1.39. The predicted octanol–water partition coefficient (Wildman–Crippen LogP) is 2.90. The maximum Gasteiger partial charge on any atom is 0.184 e. The first-order valence-corrected chi connectivity index (χ1v) is 7.50. The maximum absolute atomic E-state index is 12.6. The molecule has 3 fully saturated rings. The second kappa shape index (κ2) is 5.78. The number of carbonyl (C=O) groups excluding carboxylic acids is 1. The van der Waals surface area contributed by atoms with E-state index < -0.39 is 0 Å². The molecule has 0 amide bonds. The topological polar surface area (TPSA) is 49.0 Å². The van der Waals surface area contributed by atoms with Crippen LogP contribution >= 0.6 is 12.4 Å². The first-order valence-electron chi connectivity index (χ1n) is 7.50. The molecule has 1 N–H and O–H groups in total. The van der Waals surface area contributed by atoms with Gasteiger partial charge in [0.05, 0.1) is 5.52 Å². The highest BCUT2D eigenvalue weighted by atomic mass is 35.5. The highest BCUT2D eigenvalue weighted by molar-refractivity contribution is 6.05. The molecule has 1 aromatic carbocycles. The van der Waals surface area contributed by atoms with Gasteiger partial charge in [-0.3, -0.25) is 9.89 Å². The fourth-order valence-corrected chi connectivity index (χ4v) is 3.83. The maximum atomic E-state index is 12.6. The van der Waals surface area contributed by atoms with E-state index >= 15 is 0 Å². The van der Waals surface area contributed by atoms with Gasteiger partial charge in [0.2, 0.25) is 0 Å². The summed E-state index contributed by atoms with van der Waals surface area (Å²) < 4.78 is 0. The van der Waals surface area contributed by atoms with Crippen molar-refractivity contribution in [2.75, 3.05) is 19.6 Å². The Morgan fingerprint density at radius 3 is 2.76 bits per heavy atom. The van der Waals surface area contributed by atoms with E-state index in [1.165, 1.54) is 25.9 Å². The highest BCUT2D eigenvalue weighted by Gasteiger charge is 2.35. The molecule has 3 aliphatic rings. The number of aromatic amines is 1. The third-order valence-electron chi connectivity index (χ3n) is 4.97. The summed E-state index contributed by atoms with van der Waals surface area (Å²) in [6.07, 6.45) is 3.18. The van der Waals surface area contributed by atoms with Crippen LogP contribution in [0, 0.1) is 11.8 Å². The van der Waals surface area contributed by atoms with Crippen LogP contribution in [0.15, 0.2) is 24.3 Å². The Morgan fingerprint density at radius 2 is 2.05 bits per heavy atom. The zero-order chi connectivity index (χ0) is 13.5. The van der Waals surface area contributed by atoms with Gasteiger partial charge < -0.3 is 4.90 Å². The summed E-state index contributed by atoms with van der Waals surface area (Å²) in [5.41, 5.74) is 1.57. The minimum atomic E-state index is 0.